The molecule has 1 fully saturated rings. The van der Waals surface area contributed by atoms with E-state index in [0.717, 1.165) is 5.56 Å². The quantitative estimate of drug-likeness (QED) is 0.812. The zero-order chi connectivity index (χ0) is 18.6. The number of nitrogens with one attached hydrogen (secondary N) is 1. The largest absolute Gasteiger partial charge is 0.240 e. The first-order chi connectivity index (χ1) is 12.4. The summed E-state index contributed by atoms with van der Waals surface area (Å²) >= 11 is 0. The zero-order valence-corrected chi connectivity index (χ0v) is 15.9. The lowest BCUT2D eigenvalue weighted by atomic mass is 10.1. The van der Waals surface area contributed by atoms with Gasteiger partial charge in [0.25, 0.3) is 0 Å². The molecule has 140 valence electrons. The van der Waals surface area contributed by atoms with Crippen molar-refractivity contribution in [3.8, 4) is 0 Å². The Bertz CT molecular complexity index is 922. The van der Waals surface area contributed by atoms with Crippen molar-refractivity contribution in [2.75, 3.05) is 13.1 Å². The smallest absolute Gasteiger partial charge is 0.212 e. The zero-order valence-electron chi connectivity index (χ0n) is 14.3. The van der Waals surface area contributed by atoms with Gasteiger partial charge in [-0.15, -0.1) is 0 Å². The van der Waals surface area contributed by atoms with E-state index in [9.17, 15) is 16.8 Å². The lowest BCUT2D eigenvalue weighted by Gasteiger charge is -2.31. The van der Waals surface area contributed by atoms with Gasteiger partial charge in [-0.1, -0.05) is 48.5 Å². The molecule has 26 heavy (non-hydrogen) atoms. The van der Waals surface area contributed by atoms with Crippen molar-refractivity contribution >= 4 is 20.0 Å². The van der Waals surface area contributed by atoms with Crippen molar-refractivity contribution in [2.45, 2.75) is 29.5 Å². The Kier molecular flexibility index (Phi) is 5.76. The van der Waals surface area contributed by atoms with Gasteiger partial charge in [-0.2, -0.15) is 0 Å². The molecule has 1 aliphatic rings. The molecule has 1 saturated heterocycles. The lowest BCUT2D eigenvalue weighted by molar-refractivity contribution is 0.308. The summed E-state index contributed by atoms with van der Waals surface area (Å²) in [5.41, 5.74) is 0.749. The first-order valence-corrected chi connectivity index (χ1v) is 11.6. The summed E-state index contributed by atoms with van der Waals surface area (Å²) in [7, 11) is -6.98. The first-order valence-electron chi connectivity index (χ1n) is 8.46. The number of hydrogen-bond donors (Lipinski definition) is 1. The summed E-state index contributed by atoms with van der Waals surface area (Å²) in [4.78, 5) is 0.221. The Hall–Kier alpha value is -1.74. The van der Waals surface area contributed by atoms with Gasteiger partial charge in [0.1, 0.15) is 0 Å². The first kappa shape index (κ1) is 19.0. The van der Waals surface area contributed by atoms with Crippen LogP contribution < -0.4 is 4.72 Å². The third-order valence-corrected chi connectivity index (χ3v) is 7.80. The molecule has 8 heteroatoms. The molecule has 0 amide bonds. The maximum Gasteiger partial charge on any atom is 0.240 e. The molecule has 0 atom stereocenters. The maximum atomic E-state index is 12.6. The van der Waals surface area contributed by atoms with E-state index in [-0.39, 0.29) is 16.7 Å². The van der Waals surface area contributed by atoms with E-state index in [0.29, 0.717) is 25.9 Å². The Morgan fingerprint density at radius 3 is 1.96 bits per heavy atom. The molecule has 1 N–H and O–H groups in total. The van der Waals surface area contributed by atoms with Gasteiger partial charge < -0.3 is 0 Å². The van der Waals surface area contributed by atoms with Crippen molar-refractivity contribution in [1.29, 1.82) is 0 Å². The molecule has 1 heterocycles. The van der Waals surface area contributed by atoms with Crippen LogP contribution in [0.2, 0.25) is 0 Å². The summed E-state index contributed by atoms with van der Waals surface area (Å²) in [5, 5.41) is 0. The van der Waals surface area contributed by atoms with Gasteiger partial charge in [0.05, 0.1) is 10.6 Å². The summed E-state index contributed by atoms with van der Waals surface area (Å²) in [6.07, 6.45) is 0.917. The normalized spacial score (nSPS) is 17.2. The number of benzene rings is 2. The second kappa shape index (κ2) is 7.87. The predicted molar refractivity (Wildman–Crippen MR) is 100 cm³/mol. The number of nitrogens with zero attached hydrogens (tertiary/aromatic N) is 1. The van der Waals surface area contributed by atoms with Crippen LogP contribution in [0.4, 0.5) is 0 Å². The molecule has 0 bridgehead atoms. The molecule has 1 aliphatic heterocycles. The van der Waals surface area contributed by atoms with Crippen molar-refractivity contribution in [2.24, 2.45) is 0 Å². The van der Waals surface area contributed by atoms with Crippen LogP contribution in [0.5, 0.6) is 0 Å². The molecule has 0 saturated carbocycles. The summed E-state index contributed by atoms with van der Waals surface area (Å²) in [6.45, 7) is 0.633. The Morgan fingerprint density at radius 2 is 1.38 bits per heavy atom. The number of hydrogen-bond acceptors (Lipinski definition) is 4. The number of piperidine rings is 1. The summed E-state index contributed by atoms with van der Waals surface area (Å²) < 4.78 is 54.0. The highest BCUT2D eigenvalue weighted by atomic mass is 32.2. The van der Waals surface area contributed by atoms with E-state index < -0.39 is 20.0 Å². The van der Waals surface area contributed by atoms with Gasteiger partial charge in [0.2, 0.25) is 20.0 Å². The van der Waals surface area contributed by atoms with Crippen LogP contribution in [-0.4, -0.2) is 40.3 Å². The minimum absolute atomic E-state index is 0.0335. The molecular formula is C18H22N2O4S2. The van der Waals surface area contributed by atoms with E-state index in [1.165, 1.54) is 4.31 Å². The Labute approximate surface area is 155 Å². The van der Waals surface area contributed by atoms with Gasteiger partial charge in [-0.25, -0.2) is 25.9 Å². The summed E-state index contributed by atoms with van der Waals surface area (Å²) in [5.74, 6) is -0.0335. The molecule has 0 aromatic heterocycles. The van der Waals surface area contributed by atoms with Crippen LogP contribution in [0.25, 0.3) is 0 Å². The molecule has 0 radical (unpaired) electrons. The average molecular weight is 395 g/mol. The highest BCUT2D eigenvalue weighted by Crippen LogP contribution is 2.19. The van der Waals surface area contributed by atoms with Gasteiger partial charge in [0, 0.05) is 19.1 Å². The number of rotatable bonds is 6. The number of sulfonamides is 2. The van der Waals surface area contributed by atoms with E-state index in [1.54, 1.807) is 42.5 Å². The minimum Gasteiger partial charge on any atom is -0.212 e. The van der Waals surface area contributed by atoms with E-state index in [1.807, 2.05) is 18.2 Å². The second-order valence-corrected chi connectivity index (χ2v) is 10.0. The SMILES string of the molecule is O=S(=O)(NC1CCN(S(=O)(=O)Cc2ccccc2)CC1)c1ccccc1. The molecule has 2 aromatic carbocycles. The fraction of sp³-hybridized carbons (Fsp3) is 0.333. The third-order valence-electron chi connectivity index (χ3n) is 4.41. The highest BCUT2D eigenvalue weighted by molar-refractivity contribution is 7.89. The molecular weight excluding hydrogens is 372 g/mol. The second-order valence-electron chi connectivity index (χ2n) is 6.35. The molecule has 6 nitrogen and oxygen atoms in total. The van der Waals surface area contributed by atoms with Crippen molar-refractivity contribution in [3.63, 3.8) is 0 Å². The van der Waals surface area contributed by atoms with E-state index in [4.69, 9.17) is 0 Å². The van der Waals surface area contributed by atoms with Crippen LogP contribution >= 0.6 is 0 Å². The molecule has 0 aliphatic carbocycles. The fourth-order valence-electron chi connectivity index (χ4n) is 3.02. The Morgan fingerprint density at radius 1 is 0.846 bits per heavy atom. The molecule has 0 unspecified atom stereocenters. The van der Waals surface area contributed by atoms with E-state index in [2.05, 4.69) is 4.72 Å². The van der Waals surface area contributed by atoms with Crippen molar-refractivity contribution in [3.05, 3.63) is 66.2 Å². The fourth-order valence-corrected chi connectivity index (χ4v) is 5.90. The molecule has 2 aromatic rings. The minimum atomic E-state index is -3.58. The third kappa shape index (κ3) is 4.70. The van der Waals surface area contributed by atoms with Crippen molar-refractivity contribution < 1.29 is 16.8 Å². The molecule has 3 rings (SSSR count). The summed E-state index contributed by atoms with van der Waals surface area (Å²) in [6, 6.07) is 17.0. The van der Waals surface area contributed by atoms with E-state index >= 15 is 0 Å². The van der Waals surface area contributed by atoms with Crippen LogP contribution in [0.15, 0.2) is 65.6 Å². The van der Waals surface area contributed by atoms with Crippen LogP contribution in [-0.2, 0) is 25.8 Å². The topological polar surface area (TPSA) is 83.6 Å². The van der Waals surface area contributed by atoms with Crippen LogP contribution in [0.1, 0.15) is 18.4 Å². The van der Waals surface area contributed by atoms with Crippen molar-refractivity contribution in [1.82, 2.24) is 9.03 Å². The van der Waals surface area contributed by atoms with Gasteiger partial charge in [-0.05, 0) is 30.5 Å². The lowest BCUT2D eigenvalue weighted by Crippen LogP contribution is -2.46. The standard InChI is InChI=1S/C18H22N2O4S2/c21-25(22,15-16-7-3-1-4-8-16)20-13-11-17(12-14-20)19-26(23,24)18-9-5-2-6-10-18/h1-10,17,19H,11-15H2. The van der Waals surface area contributed by atoms with Gasteiger partial charge in [-0.3, -0.25) is 0 Å². The Balaban J connectivity index is 1.59. The molecule has 0 spiro atoms. The maximum absolute atomic E-state index is 12.6. The predicted octanol–water partition coefficient (Wildman–Crippen LogP) is 1.96. The van der Waals surface area contributed by atoms with Gasteiger partial charge in [0.15, 0.2) is 0 Å². The van der Waals surface area contributed by atoms with Gasteiger partial charge >= 0.3 is 0 Å². The van der Waals surface area contributed by atoms with Crippen LogP contribution in [0, 0.1) is 0 Å². The average Bonchev–Trinajstić information content (AvgIpc) is 2.63. The monoisotopic (exact) mass is 394 g/mol. The highest BCUT2D eigenvalue weighted by Gasteiger charge is 2.30. The van der Waals surface area contributed by atoms with Crippen LogP contribution in [0.3, 0.4) is 0 Å².